The van der Waals surface area contributed by atoms with Gasteiger partial charge in [0.15, 0.2) is 0 Å². The van der Waals surface area contributed by atoms with Gasteiger partial charge in [-0.05, 0) is 42.1 Å². The number of hydrogen-bond acceptors (Lipinski definition) is 3. The Labute approximate surface area is 128 Å². The Kier molecular flexibility index (Phi) is 3.57. The van der Waals surface area contributed by atoms with Crippen LogP contribution in [-0.4, -0.2) is 24.1 Å². The molecule has 1 unspecified atom stereocenters. The molecular weight excluding hydrogens is 293 g/mol. The zero-order chi connectivity index (χ0) is 14.3. The van der Waals surface area contributed by atoms with Crippen LogP contribution in [0.15, 0.2) is 24.3 Å². The van der Waals surface area contributed by atoms with Crippen molar-refractivity contribution in [3.8, 4) is 0 Å². The molecule has 2 aromatic rings. The quantitative estimate of drug-likeness (QED) is 0.787. The number of hydrogen-bond donors (Lipinski definition) is 0. The second-order valence-electron chi connectivity index (χ2n) is 5.22. The second-order valence-corrected chi connectivity index (χ2v) is 5.99. The molecule has 0 saturated heterocycles. The van der Waals surface area contributed by atoms with Gasteiger partial charge in [-0.25, -0.2) is 9.97 Å². The van der Waals surface area contributed by atoms with Crippen LogP contribution in [0.2, 0.25) is 10.3 Å². The van der Waals surface area contributed by atoms with Crippen LogP contribution in [0, 0.1) is 0 Å². The molecule has 104 valence electrons. The highest BCUT2D eigenvalue weighted by atomic mass is 35.5. The van der Waals surface area contributed by atoms with Crippen molar-refractivity contribution in [2.75, 3.05) is 19.0 Å². The summed E-state index contributed by atoms with van der Waals surface area (Å²) in [7, 11) is 3.96. The number of fused-ring (bicyclic) bond motifs is 1. The molecule has 1 aliphatic carbocycles. The van der Waals surface area contributed by atoms with E-state index in [9.17, 15) is 0 Å². The molecule has 1 aromatic carbocycles. The third kappa shape index (κ3) is 2.36. The Morgan fingerprint density at radius 1 is 1.10 bits per heavy atom. The molecule has 1 heterocycles. The summed E-state index contributed by atoms with van der Waals surface area (Å²) in [4.78, 5) is 10.8. The Bertz CT molecular complexity index is 638. The molecule has 1 atom stereocenters. The molecule has 0 aliphatic heterocycles. The monoisotopic (exact) mass is 307 g/mol. The van der Waals surface area contributed by atoms with E-state index in [1.807, 2.05) is 31.1 Å². The minimum atomic E-state index is 0.279. The molecule has 1 aliphatic rings. The van der Waals surface area contributed by atoms with Crippen molar-refractivity contribution in [3.63, 3.8) is 0 Å². The van der Waals surface area contributed by atoms with Crippen LogP contribution in [0.1, 0.15) is 29.2 Å². The van der Waals surface area contributed by atoms with Crippen LogP contribution in [0.3, 0.4) is 0 Å². The van der Waals surface area contributed by atoms with Gasteiger partial charge in [-0.15, -0.1) is 0 Å². The summed E-state index contributed by atoms with van der Waals surface area (Å²) in [6.07, 6.45) is 2.01. The highest BCUT2D eigenvalue weighted by molar-refractivity contribution is 6.30. The van der Waals surface area contributed by atoms with Crippen molar-refractivity contribution in [3.05, 3.63) is 51.4 Å². The molecule has 1 aromatic heterocycles. The minimum Gasteiger partial charge on any atom is -0.362 e. The SMILES string of the molecule is CN(C)c1nc(Cl)nc2c1CCC2c1ccc(Cl)cc1. The van der Waals surface area contributed by atoms with Crippen LogP contribution in [0.25, 0.3) is 0 Å². The minimum absolute atomic E-state index is 0.279. The van der Waals surface area contributed by atoms with Crippen LogP contribution < -0.4 is 4.90 Å². The van der Waals surface area contributed by atoms with E-state index < -0.39 is 0 Å². The van der Waals surface area contributed by atoms with Gasteiger partial charge in [0.05, 0.1) is 5.69 Å². The summed E-state index contributed by atoms with van der Waals surface area (Å²) in [5.74, 6) is 1.21. The Morgan fingerprint density at radius 3 is 2.45 bits per heavy atom. The summed E-state index contributed by atoms with van der Waals surface area (Å²) < 4.78 is 0. The first-order chi connectivity index (χ1) is 9.56. The lowest BCUT2D eigenvalue weighted by Gasteiger charge is -2.17. The van der Waals surface area contributed by atoms with Gasteiger partial charge in [-0.3, -0.25) is 0 Å². The van der Waals surface area contributed by atoms with Crippen molar-refractivity contribution in [2.24, 2.45) is 0 Å². The van der Waals surface area contributed by atoms with E-state index in [0.717, 1.165) is 29.4 Å². The normalized spacial score (nSPS) is 17.1. The summed E-state index contributed by atoms with van der Waals surface area (Å²) in [6, 6.07) is 7.97. The first-order valence-corrected chi connectivity index (χ1v) is 7.31. The van der Waals surface area contributed by atoms with Crippen LogP contribution in [0.4, 0.5) is 5.82 Å². The standard InChI is InChI=1S/C15H15Cl2N3/c1-20(2)14-12-8-7-11(13(12)18-15(17)19-14)9-3-5-10(16)6-4-9/h3-6,11H,7-8H2,1-2H3. The molecule has 0 bridgehead atoms. The van der Waals surface area contributed by atoms with E-state index in [-0.39, 0.29) is 5.92 Å². The van der Waals surface area contributed by atoms with E-state index in [2.05, 4.69) is 22.1 Å². The van der Waals surface area contributed by atoms with Gasteiger partial charge in [0.2, 0.25) is 5.28 Å². The number of aromatic nitrogens is 2. The van der Waals surface area contributed by atoms with Crippen molar-refractivity contribution in [1.29, 1.82) is 0 Å². The van der Waals surface area contributed by atoms with Gasteiger partial charge in [0.1, 0.15) is 5.82 Å². The summed E-state index contributed by atoms with van der Waals surface area (Å²) >= 11 is 12.0. The Hall–Kier alpha value is -1.32. The number of rotatable bonds is 2. The van der Waals surface area contributed by atoms with E-state index in [1.54, 1.807) is 0 Å². The summed E-state index contributed by atoms with van der Waals surface area (Å²) in [6.45, 7) is 0. The van der Waals surface area contributed by atoms with E-state index in [4.69, 9.17) is 23.2 Å². The zero-order valence-electron chi connectivity index (χ0n) is 11.4. The molecular formula is C15H15Cl2N3. The molecule has 0 radical (unpaired) electrons. The molecule has 20 heavy (non-hydrogen) atoms. The van der Waals surface area contributed by atoms with Gasteiger partial charge < -0.3 is 4.90 Å². The van der Waals surface area contributed by atoms with Gasteiger partial charge in [0, 0.05) is 30.6 Å². The van der Waals surface area contributed by atoms with E-state index in [1.165, 1.54) is 11.1 Å². The topological polar surface area (TPSA) is 29.0 Å². The molecule has 0 spiro atoms. The lowest BCUT2D eigenvalue weighted by atomic mass is 9.97. The average molecular weight is 308 g/mol. The summed E-state index contributed by atoms with van der Waals surface area (Å²) in [5, 5.41) is 1.06. The second kappa shape index (κ2) is 5.23. The lowest BCUT2D eigenvalue weighted by molar-refractivity contribution is 0.771. The highest BCUT2D eigenvalue weighted by Crippen LogP contribution is 2.40. The smallest absolute Gasteiger partial charge is 0.224 e. The molecule has 3 rings (SSSR count). The van der Waals surface area contributed by atoms with Crippen molar-refractivity contribution >= 4 is 29.0 Å². The number of nitrogens with zero attached hydrogens (tertiary/aromatic N) is 3. The Morgan fingerprint density at radius 2 is 1.80 bits per heavy atom. The number of anilines is 1. The predicted octanol–water partition coefficient (Wildman–Crippen LogP) is 3.93. The molecule has 0 amide bonds. The van der Waals surface area contributed by atoms with Gasteiger partial charge >= 0.3 is 0 Å². The maximum atomic E-state index is 6.08. The molecule has 0 saturated carbocycles. The molecule has 0 fully saturated rings. The third-order valence-corrected chi connectivity index (χ3v) is 4.12. The van der Waals surface area contributed by atoms with Gasteiger partial charge in [0.25, 0.3) is 0 Å². The molecule has 5 heteroatoms. The van der Waals surface area contributed by atoms with Crippen LogP contribution in [-0.2, 0) is 6.42 Å². The average Bonchev–Trinajstić information content (AvgIpc) is 2.82. The first-order valence-electron chi connectivity index (χ1n) is 6.55. The third-order valence-electron chi connectivity index (χ3n) is 3.70. The maximum Gasteiger partial charge on any atom is 0.224 e. The van der Waals surface area contributed by atoms with Crippen molar-refractivity contribution < 1.29 is 0 Å². The fraction of sp³-hybridized carbons (Fsp3) is 0.333. The largest absolute Gasteiger partial charge is 0.362 e. The first kappa shape index (κ1) is 13.7. The maximum absolute atomic E-state index is 6.08. The van der Waals surface area contributed by atoms with Crippen molar-refractivity contribution in [2.45, 2.75) is 18.8 Å². The summed E-state index contributed by atoms with van der Waals surface area (Å²) in [5.41, 5.74) is 3.49. The lowest BCUT2D eigenvalue weighted by Crippen LogP contribution is -2.14. The van der Waals surface area contributed by atoms with Crippen molar-refractivity contribution in [1.82, 2.24) is 9.97 Å². The zero-order valence-corrected chi connectivity index (χ0v) is 12.9. The number of halogens is 2. The predicted molar refractivity (Wildman–Crippen MR) is 83.0 cm³/mol. The van der Waals surface area contributed by atoms with Gasteiger partial charge in [-0.1, -0.05) is 23.7 Å². The van der Waals surface area contributed by atoms with Gasteiger partial charge in [-0.2, -0.15) is 0 Å². The fourth-order valence-corrected chi connectivity index (χ4v) is 3.10. The van der Waals surface area contributed by atoms with E-state index in [0.29, 0.717) is 5.28 Å². The highest BCUT2D eigenvalue weighted by Gasteiger charge is 2.29. The molecule has 0 N–H and O–H groups in total. The number of benzene rings is 1. The fourth-order valence-electron chi connectivity index (χ4n) is 2.80. The molecule has 3 nitrogen and oxygen atoms in total. The van der Waals surface area contributed by atoms with Crippen LogP contribution in [0.5, 0.6) is 0 Å². The van der Waals surface area contributed by atoms with Crippen LogP contribution >= 0.6 is 23.2 Å². The Balaban J connectivity index is 2.08. The van der Waals surface area contributed by atoms with E-state index >= 15 is 0 Å².